The molecule has 15 heavy (non-hydrogen) atoms. The number of methoxy groups -OCH3 is 1. The number of Topliss-reactive ketones (excluding diaryl/α,β-unsaturated/α-hetero) is 1. The van der Waals surface area contributed by atoms with Crippen molar-refractivity contribution in [2.45, 2.75) is 52.6 Å². The Balaban J connectivity index is 2.67. The average Bonchev–Trinajstić information content (AvgIpc) is 2.15. The summed E-state index contributed by atoms with van der Waals surface area (Å²) in [6.45, 7) is 8.24. The number of ether oxygens (including phenoxy) is 1. The largest absolute Gasteiger partial charge is 0.371 e. The second-order valence-corrected chi connectivity index (χ2v) is 5.69. The molecule has 0 spiro atoms. The summed E-state index contributed by atoms with van der Waals surface area (Å²) in [7, 11) is 1.62. The first-order valence-electron chi connectivity index (χ1n) is 5.96. The predicted octanol–water partition coefficient (Wildman–Crippen LogP) is 3.05. The van der Waals surface area contributed by atoms with Crippen LogP contribution in [0, 0.1) is 17.8 Å². The molecule has 2 atom stereocenters. The highest BCUT2D eigenvalue weighted by molar-refractivity contribution is 5.88. The van der Waals surface area contributed by atoms with E-state index in [1.165, 1.54) is 6.42 Å². The van der Waals surface area contributed by atoms with Gasteiger partial charge in [0.05, 0.1) is 0 Å². The van der Waals surface area contributed by atoms with Crippen molar-refractivity contribution in [1.29, 1.82) is 0 Å². The Bertz CT molecular complexity index is 223. The third-order valence-electron chi connectivity index (χ3n) is 3.65. The van der Waals surface area contributed by atoms with Crippen molar-refractivity contribution in [2.75, 3.05) is 7.11 Å². The van der Waals surface area contributed by atoms with Gasteiger partial charge in [0.2, 0.25) is 0 Å². The maximum Gasteiger partial charge on any atom is 0.167 e. The average molecular weight is 212 g/mol. The lowest BCUT2D eigenvalue weighted by atomic mass is 9.72. The van der Waals surface area contributed by atoms with Crippen molar-refractivity contribution in [3.8, 4) is 0 Å². The van der Waals surface area contributed by atoms with Gasteiger partial charge in [0.25, 0.3) is 0 Å². The molecule has 0 aromatic carbocycles. The van der Waals surface area contributed by atoms with E-state index >= 15 is 0 Å². The molecule has 1 aliphatic carbocycles. The molecule has 88 valence electrons. The van der Waals surface area contributed by atoms with Gasteiger partial charge in [0.1, 0.15) is 5.60 Å². The molecule has 0 amide bonds. The SMILES string of the molecule is COC(C)(C)C(=O)C1CC(C)CC(C)C1. The number of ketones is 1. The highest BCUT2D eigenvalue weighted by atomic mass is 16.5. The standard InChI is InChI=1S/C13H24O2/c1-9-6-10(2)8-11(7-9)12(14)13(3,4)15-5/h9-11H,6-8H2,1-5H3. The molecular weight excluding hydrogens is 188 g/mol. The summed E-state index contributed by atoms with van der Waals surface area (Å²) >= 11 is 0. The van der Waals surface area contributed by atoms with Gasteiger partial charge in [-0.1, -0.05) is 13.8 Å². The van der Waals surface area contributed by atoms with E-state index in [9.17, 15) is 4.79 Å². The van der Waals surface area contributed by atoms with E-state index in [-0.39, 0.29) is 11.7 Å². The minimum Gasteiger partial charge on any atom is -0.371 e. The van der Waals surface area contributed by atoms with Crippen molar-refractivity contribution in [3.05, 3.63) is 0 Å². The second kappa shape index (κ2) is 4.65. The molecular formula is C13H24O2. The van der Waals surface area contributed by atoms with Crippen LogP contribution >= 0.6 is 0 Å². The number of rotatable bonds is 3. The van der Waals surface area contributed by atoms with E-state index < -0.39 is 5.60 Å². The zero-order valence-electron chi connectivity index (χ0n) is 10.7. The maximum atomic E-state index is 12.2. The maximum absolute atomic E-state index is 12.2. The first kappa shape index (κ1) is 12.7. The lowest BCUT2D eigenvalue weighted by molar-refractivity contribution is -0.143. The summed E-state index contributed by atoms with van der Waals surface area (Å²) in [5.41, 5.74) is -0.610. The number of hydrogen-bond acceptors (Lipinski definition) is 2. The van der Waals surface area contributed by atoms with Crippen molar-refractivity contribution in [2.24, 2.45) is 17.8 Å². The van der Waals surface area contributed by atoms with Gasteiger partial charge in [0, 0.05) is 13.0 Å². The molecule has 1 saturated carbocycles. The molecule has 0 saturated heterocycles. The zero-order valence-corrected chi connectivity index (χ0v) is 10.7. The summed E-state index contributed by atoms with van der Waals surface area (Å²) in [6.07, 6.45) is 3.34. The third-order valence-corrected chi connectivity index (χ3v) is 3.65. The molecule has 0 heterocycles. The zero-order chi connectivity index (χ0) is 11.6. The van der Waals surface area contributed by atoms with Gasteiger partial charge in [-0.25, -0.2) is 0 Å². The van der Waals surface area contributed by atoms with E-state index in [0.29, 0.717) is 11.8 Å². The molecule has 1 fully saturated rings. The molecule has 2 nitrogen and oxygen atoms in total. The minimum absolute atomic E-state index is 0.207. The topological polar surface area (TPSA) is 26.3 Å². The van der Waals surface area contributed by atoms with Crippen molar-refractivity contribution < 1.29 is 9.53 Å². The Kier molecular flexibility index (Phi) is 3.93. The van der Waals surface area contributed by atoms with Gasteiger partial charge >= 0.3 is 0 Å². The molecule has 1 aliphatic rings. The van der Waals surface area contributed by atoms with Crippen LogP contribution < -0.4 is 0 Å². The molecule has 0 radical (unpaired) electrons. The van der Waals surface area contributed by atoms with Crippen LogP contribution in [0.3, 0.4) is 0 Å². The molecule has 0 aromatic heterocycles. The fraction of sp³-hybridized carbons (Fsp3) is 0.923. The van der Waals surface area contributed by atoms with Crippen LogP contribution in [-0.2, 0) is 9.53 Å². The van der Waals surface area contributed by atoms with Crippen LogP contribution in [0.1, 0.15) is 47.0 Å². The lowest BCUT2D eigenvalue weighted by Gasteiger charge is -2.34. The van der Waals surface area contributed by atoms with Gasteiger partial charge in [-0.15, -0.1) is 0 Å². The number of hydrogen-bond donors (Lipinski definition) is 0. The third kappa shape index (κ3) is 3.04. The molecule has 0 N–H and O–H groups in total. The van der Waals surface area contributed by atoms with Crippen molar-refractivity contribution in [3.63, 3.8) is 0 Å². The monoisotopic (exact) mass is 212 g/mol. The second-order valence-electron chi connectivity index (χ2n) is 5.69. The molecule has 0 aromatic rings. The van der Waals surface area contributed by atoms with Gasteiger partial charge in [-0.2, -0.15) is 0 Å². The molecule has 2 heteroatoms. The van der Waals surface area contributed by atoms with Gasteiger partial charge in [-0.3, -0.25) is 4.79 Å². The summed E-state index contributed by atoms with van der Waals surface area (Å²) < 4.78 is 5.27. The number of carbonyl (C=O) groups is 1. The molecule has 0 bridgehead atoms. The smallest absolute Gasteiger partial charge is 0.167 e. The van der Waals surface area contributed by atoms with Crippen LogP contribution in [0.25, 0.3) is 0 Å². The van der Waals surface area contributed by atoms with Crippen molar-refractivity contribution in [1.82, 2.24) is 0 Å². The van der Waals surface area contributed by atoms with Gasteiger partial charge in [-0.05, 0) is 44.9 Å². The van der Waals surface area contributed by atoms with Crippen molar-refractivity contribution >= 4 is 5.78 Å². The Hall–Kier alpha value is -0.370. The van der Waals surface area contributed by atoms with Crippen LogP contribution in [0.2, 0.25) is 0 Å². The summed E-state index contributed by atoms with van der Waals surface area (Å²) in [5.74, 6) is 1.84. The minimum atomic E-state index is -0.610. The first-order chi connectivity index (χ1) is 6.86. The van der Waals surface area contributed by atoms with Crippen LogP contribution in [0.4, 0.5) is 0 Å². The van der Waals surface area contributed by atoms with E-state index in [0.717, 1.165) is 12.8 Å². The highest BCUT2D eigenvalue weighted by Gasteiger charge is 2.37. The molecule has 1 rings (SSSR count). The van der Waals surface area contributed by atoms with Crippen LogP contribution in [-0.4, -0.2) is 18.5 Å². The van der Waals surface area contributed by atoms with E-state index in [1.54, 1.807) is 7.11 Å². The van der Waals surface area contributed by atoms with E-state index in [4.69, 9.17) is 4.74 Å². The van der Waals surface area contributed by atoms with E-state index in [2.05, 4.69) is 13.8 Å². The lowest BCUT2D eigenvalue weighted by Crippen LogP contribution is -2.41. The normalized spacial score (nSPS) is 32.7. The summed E-state index contributed by atoms with van der Waals surface area (Å²) in [4.78, 5) is 12.2. The first-order valence-corrected chi connectivity index (χ1v) is 5.96. The fourth-order valence-corrected chi connectivity index (χ4v) is 2.75. The quantitative estimate of drug-likeness (QED) is 0.718. The Morgan fingerprint density at radius 2 is 1.60 bits per heavy atom. The predicted molar refractivity (Wildman–Crippen MR) is 61.8 cm³/mol. The van der Waals surface area contributed by atoms with Crippen LogP contribution in [0.5, 0.6) is 0 Å². The van der Waals surface area contributed by atoms with E-state index in [1.807, 2.05) is 13.8 Å². The Morgan fingerprint density at radius 3 is 2.00 bits per heavy atom. The van der Waals surface area contributed by atoms with Gasteiger partial charge in [0.15, 0.2) is 5.78 Å². The summed E-state index contributed by atoms with van der Waals surface area (Å²) in [6, 6.07) is 0. The Labute approximate surface area is 93.4 Å². The highest BCUT2D eigenvalue weighted by Crippen LogP contribution is 2.35. The molecule has 2 unspecified atom stereocenters. The van der Waals surface area contributed by atoms with Crippen LogP contribution in [0.15, 0.2) is 0 Å². The number of carbonyl (C=O) groups excluding carboxylic acids is 1. The molecule has 0 aliphatic heterocycles. The van der Waals surface area contributed by atoms with Gasteiger partial charge < -0.3 is 4.74 Å². The summed E-state index contributed by atoms with van der Waals surface area (Å²) in [5, 5.41) is 0. The fourth-order valence-electron chi connectivity index (χ4n) is 2.75. The Morgan fingerprint density at radius 1 is 1.13 bits per heavy atom.